The zero-order valence-electron chi connectivity index (χ0n) is 13.9. The zero-order chi connectivity index (χ0) is 18.7. The molecule has 1 heterocycles. The maximum Gasteiger partial charge on any atom is 0.488 e. The van der Waals surface area contributed by atoms with E-state index in [0.717, 1.165) is 21.7 Å². The van der Waals surface area contributed by atoms with Crippen molar-refractivity contribution in [1.82, 2.24) is 4.98 Å². The summed E-state index contributed by atoms with van der Waals surface area (Å²) >= 11 is 1.47. The predicted octanol–water partition coefficient (Wildman–Crippen LogP) is 1.82. The van der Waals surface area contributed by atoms with Gasteiger partial charge in [-0.25, -0.2) is 13.4 Å². The lowest BCUT2D eigenvalue weighted by Crippen LogP contribution is -2.29. The first-order valence-electron chi connectivity index (χ1n) is 7.73. The van der Waals surface area contributed by atoms with Crippen molar-refractivity contribution in [2.24, 2.45) is 0 Å². The molecule has 2 aromatic carbocycles. The molecule has 2 N–H and O–H groups in total. The summed E-state index contributed by atoms with van der Waals surface area (Å²) in [5.41, 5.74) is 2.82. The van der Waals surface area contributed by atoms with Crippen LogP contribution in [0.25, 0.3) is 11.6 Å². The number of rotatable bonds is 5. The molecule has 1 aromatic heterocycles. The maximum absolute atomic E-state index is 11.7. The molecule has 0 saturated heterocycles. The van der Waals surface area contributed by atoms with Crippen LogP contribution in [0.5, 0.6) is 0 Å². The Bertz CT molecular complexity index is 1030. The number of sulfone groups is 1. The Balaban J connectivity index is 2.08. The van der Waals surface area contributed by atoms with E-state index in [9.17, 15) is 18.5 Å². The monoisotopic (exact) mass is 385 g/mol. The topological polar surface area (TPSA) is 87.5 Å². The van der Waals surface area contributed by atoms with Crippen molar-refractivity contribution in [2.45, 2.75) is 4.90 Å². The fourth-order valence-electron chi connectivity index (χ4n) is 2.48. The first kappa shape index (κ1) is 18.5. The second-order valence-electron chi connectivity index (χ2n) is 5.74. The molecule has 3 aromatic rings. The van der Waals surface area contributed by atoms with Gasteiger partial charge in [-0.1, -0.05) is 36.4 Å². The van der Waals surface area contributed by atoms with Gasteiger partial charge in [-0.15, -0.1) is 11.3 Å². The lowest BCUT2D eigenvalue weighted by Gasteiger charge is -2.08. The van der Waals surface area contributed by atoms with Crippen molar-refractivity contribution in [3.05, 3.63) is 76.2 Å². The number of nitrogens with zero attached hydrogens (tertiary/aromatic N) is 1. The quantitative estimate of drug-likeness (QED) is 0.517. The van der Waals surface area contributed by atoms with Crippen LogP contribution >= 0.6 is 11.3 Å². The molecule has 5 nitrogen and oxygen atoms in total. The molecule has 0 spiro atoms. The van der Waals surface area contributed by atoms with E-state index in [-0.39, 0.29) is 4.90 Å². The standard InChI is InChI=1S/C18H16BNO4S2/c1-26(23,24)16-7-5-14(6-8-16)17(18-20-9-10-25-18)12-13-3-2-4-15(11-13)19(21)22/h2-12,21-22H,1H3/b17-12+. The average molecular weight is 385 g/mol. The third-order valence-electron chi connectivity index (χ3n) is 3.78. The highest BCUT2D eigenvalue weighted by Crippen LogP contribution is 2.28. The summed E-state index contributed by atoms with van der Waals surface area (Å²) in [6.07, 6.45) is 4.76. The SMILES string of the molecule is CS(=O)(=O)c1ccc(/C(=C\c2cccc(B(O)O)c2)c2nccs2)cc1. The molecule has 0 aliphatic heterocycles. The molecule has 0 aliphatic carbocycles. The number of hydrogen-bond acceptors (Lipinski definition) is 6. The first-order valence-corrected chi connectivity index (χ1v) is 10.5. The summed E-state index contributed by atoms with van der Waals surface area (Å²) in [6.45, 7) is 0. The zero-order valence-corrected chi connectivity index (χ0v) is 15.5. The van der Waals surface area contributed by atoms with Crippen LogP contribution in [-0.4, -0.2) is 36.8 Å². The summed E-state index contributed by atoms with van der Waals surface area (Å²) in [5, 5.41) is 21.4. The van der Waals surface area contributed by atoms with Crippen LogP contribution in [-0.2, 0) is 9.84 Å². The molecule has 26 heavy (non-hydrogen) atoms. The van der Waals surface area contributed by atoms with E-state index < -0.39 is 17.0 Å². The molecular weight excluding hydrogens is 369 g/mol. The van der Waals surface area contributed by atoms with E-state index in [1.54, 1.807) is 48.7 Å². The summed E-state index contributed by atoms with van der Waals surface area (Å²) in [7, 11) is -4.80. The molecule has 8 heteroatoms. The van der Waals surface area contributed by atoms with Gasteiger partial charge >= 0.3 is 7.12 Å². The highest BCUT2D eigenvalue weighted by atomic mass is 32.2. The van der Waals surface area contributed by atoms with Gasteiger partial charge in [0.1, 0.15) is 5.01 Å². The van der Waals surface area contributed by atoms with Crippen LogP contribution < -0.4 is 5.46 Å². The first-order chi connectivity index (χ1) is 12.3. The normalized spacial score (nSPS) is 12.2. The minimum Gasteiger partial charge on any atom is -0.423 e. The molecule has 0 radical (unpaired) electrons. The van der Waals surface area contributed by atoms with Crippen LogP contribution in [0.2, 0.25) is 0 Å². The van der Waals surface area contributed by atoms with E-state index in [0.29, 0.717) is 5.46 Å². The Hall–Kier alpha value is -2.26. The van der Waals surface area contributed by atoms with Crippen LogP contribution in [0.3, 0.4) is 0 Å². The molecule has 0 amide bonds. The lowest BCUT2D eigenvalue weighted by atomic mass is 9.79. The van der Waals surface area contributed by atoms with Gasteiger partial charge in [-0.2, -0.15) is 0 Å². The summed E-state index contributed by atoms with van der Waals surface area (Å²) < 4.78 is 23.3. The largest absolute Gasteiger partial charge is 0.488 e. The second-order valence-corrected chi connectivity index (χ2v) is 8.65. The van der Waals surface area contributed by atoms with Gasteiger partial charge in [0.05, 0.1) is 4.90 Å². The van der Waals surface area contributed by atoms with E-state index in [4.69, 9.17) is 0 Å². The van der Waals surface area contributed by atoms with Crippen molar-refractivity contribution in [3.63, 3.8) is 0 Å². The number of thiazole rings is 1. The van der Waals surface area contributed by atoms with Gasteiger partial charge in [0, 0.05) is 23.4 Å². The van der Waals surface area contributed by atoms with Gasteiger partial charge in [0.25, 0.3) is 0 Å². The molecule has 0 bridgehead atoms. The Morgan fingerprint density at radius 1 is 1.15 bits per heavy atom. The third-order valence-corrected chi connectivity index (χ3v) is 5.71. The van der Waals surface area contributed by atoms with Crippen molar-refractivity contribution in [1.29, 1.82) is 0 Å². The van der Waals surface area contributed by atoms with Gasteiger partial charge in [0.2, 0.25) is 0 Å². The molecule has 0 saturated carbocycles. The molecule has 3 rings (SSSR count). The highest BCUT2D eigenvalue weighted by molar-refractivity contribution is 7.90. The Morgan fingerprint density at radius 3 is 2.46 bits per heavy atom. The van der Waals surface area contributed by atoms with Crippen molar-refractivity contribution < 1.29 is 18.5 Å². The molecular formula is C18H16BNO4S2. The minimum atomic E-state index is -3.26. The van der Waals surface area contributed by atoms with Crippen LogP contribution in [0.15, 0.2) is 65.0 Å². The number of aromatic nitrogens is 1. The number of benzene rings is 2. The molecule has 0 fully saturated rings. The van der Waals surface area contributed by atoms with Gasteiger partial charge < -0.3 is 10.0 Å². The van der Waals surface area contributed by atoms with Gasteiger partial charge in [-0.3, -0.25) is 0 Å². The van der Waals surface area contributed by atoms with Crippen molar-refractivity contribution in [3.8, 4) is 0 Å². The van der Waals surface area contributed by atoms with Crippen LogP contribution in [0.4, 0.5) is 0 Å². The predicted molar refractivity (Wildman–Crippen MR) is 105 cm³/mol. The molecule has 0 aliphatic rings. The van der Waals surface area contributed by atoms with Crippen LogP contribution in [0.1, 0.15) is 16.1 Å². The second kappa shape index (κ2) is 7.55. The van der Waals surface area contributed by atoms with Gasteiger partial charge in [0.15, 0.2) is 9.84 Å². The minimum absolute atomic E-state index is 0.255. The number of hydrogen-bond donors (Lipinski definition) is 2. The third kappa shape index (κ3) is 4.28. The van der Waals surface area contributed by atoms with E-state index in [1.807, 2.05) is 17.5 Å². The van der Waals surface area contributed by atoms with E-state index >= 15 is 0 Å². The Morgan fingerprint density at radius 2 is 1.88 bits per heavy atom. The summed E-state index contributed by atoms with van der Waals surface area (Å²) in [6, 6.07) is 13.5. The van der Waals surface area contributed by atoms with Crippen molar-refractivity contribution in [2.75, 3.05) is 6.26 Å². The molecule has 132 valence electrons. The Kier molecular flexibility index (Phi) is 5.38. The smallest absolute Gasteiger partial charge is 0.423 e. The summed E-state index contributed by atoms with van der Waals surface area (Å²) in [5.74, 6) is 0. The van der Waals surface area contributed by atoms with Crippen molar-refractivity contribution >= 4 is 45.4 Å². The van der Waals surface area contributed by atoms with Crippen LogP contribution in [0, 0.1) is 0 Å². The Labute approximate surface area is 156 Å². The molecule has 0 atom stereocenters. The van der Waals surface area contributed by atoms with E-state index in [1.165, 1.54) is 17.6 Å². The van der Waals surface area contributed by atoms with Gasteiger partial charge in [-0.05, 0) is 34.8 Å². The van der Waals surface area contributed by atoms with E-state index in [2.05, 4.69) is 4.98 Å². The average Bonchev–Trinajstić information content (AvgIpc) is 3.13. The fraction of sp³-hybridized carbons (Fsp3) is 0.0556. The summed E-state index contributed by atoms with van der Waals surface area (Å²) in [4.78, 5) is 4.61. The fourth-order valence-corrected chi connectivity index (χ4v) is 3.79. The maximum atomic E-state index is 11.7. The molecule has 0 unspecified atom stereocenters. The highest BCUT2D eigenvalue weighted by Gasteiger charge is 2.13. The lowest BCUT2D eigenvalue weighted by molar-refractivity contribution is 0.426.